The number of aliphatic imine (C=N–C) groups is 1. The number of ether oxygens (including phenoxy) is 1. The van der Waals surface area contributed by atoms with Gasteiger partial charge in [-0.3, -0.25) is 9.78 Å². The summed E-state index contributed by atoms with van der Waals surface area (Å²) in [5.74, 6) is -1.24. The van der Waals surface area contributed by atoms with Crippen LogP contribution in [0.4, 0.5) is 5.00 Å². The van der Waals surface area contributed by atoms with E-state index in [1.54, 1.807) is 26.0 Å². The molecule has 2 heterocycles. The summed E-state index contributed by atoms with van der Waals surface area (Å²) in [5.41, 5.74) is -1.27. The van der Waals surface area contributed by atoms with Gasteiger partial charge in [-0.1, -0.05) is 17.7 Å². The fourth-order valence-electron chi connectivity index (χ4n) is 2.74. The molecule has 0 unspecified atom stereocenters. The number of nitrogens with one attached hydrogen (secondary N) is 1. The van der Waals surface area contributed by atoms with Crippen molar-refractivity contribution >= 4 is 40.1 Å². The Morgan fingerprint density at radius 3 is 2.84 bits per heavy atom. The number of nitriles is 1. The van der Waals surface area contributed by atoms with Crippen LogP contribution in [0.25, 0.3) is 5.69 Å². The highest BCUT2D eigenvalue weighted by Gasteiger charge is 2.21. The number of aromatic nitrogens is 2. The molecular weight excluding hydrogens is 444 g/mol. The van der Waals surface area contributed by atoms with Crippen LogP contribution in [-0.2, 0) is 4.74 Å². The number of hydrogen-bond acceptors (Lipinski definition) is 8. The van der Waals surface area contributed by atoms with Crippen molar-refractivity contribution in [3.05, 3.63) is 71.7 Å². The van der Waals surface area contributed by atoms with E-state index in [4.69, 9.17) is 16.3 Å². The number of nitrogens with zero attached hydrogens (tertiary/aromatic N) is 3. The molecule has 0 spiro atoms. The number of benzene rings is 1. The summed E-state index contributed by atoms with van der Waals surface area (Å²) in [6.45, 7) is 3.42. The first-order valence-electron chi connectivity index (χ1n) is 8.87. The number of hydrogen-bond donors (Lipinski definition) is 2. The average Bonchev–Trinajstić information content (AvgIpc) is 3.03. The number of H-pyrrole nitrogens is 1. The standard InChI is InChI=1S/C20H15ClN4O5S/c1-3-30-19(28)15-10(2)13(8-22)17(31-15)23-9-14-16(26)24-20(29)25(18(14)27)12-6-4-5-11(21)7-12/h4-7,9,27H,3H2,1-2H3,(H,24,26,29)/b23-9+. The van der Waals surface area contributed by atoms with Crippen molar-refractivity contribution in [3.8, 4) is 17.6 Å². The third kappa shape index (κ3) is 4.28. The van der Waals surface area contributed by atoms with Crippen molar-refractivity contribution < 1.29 is 14.6 Å². The smallest absolute Gasteiger partial charge is 0.348 e. The van der Waals surface area contributed by atoms with Crippen LogP contribution >= 0.6 is 22.9 Å². The molecule has 158 valence electrons. The third-order valence-corrected chi connectivity index (χ3v) is 5.61. The van der Waals surface area contributed by atoms with Gasteiger partial charge in [0.2, 0.25) is 5.88 Å². The number of esters is 1. The van der Waals surface area contributed by atoms with Gasteiger partial charge in [0, 0.05) is 11.2 Å². The summed E-state index contributed by atoms with van der Waals surface area (Å²) in [5, 5.41) is 20.5. The molecule has 9 nitrogen and oxygen atoms in total. The molecule has 0 radical (unpaired) electrons. The Bertz CT molecular complexity index is 1360. The molecule has 2 N–H and O–H groups in total. The highest BCUT2D eigenvalue weighted by molar-refractivity contribution is 7.18. The van der Waals surface area contributed by atoms with Crippen LogP contribution in [0.2, 0.25) is 5.02 Å². The molecule has 3 rings (SSSR count). The highest BCUT2D eigenvalue weighted by atomic mass is 35.5. The molecular formula is C20H15ClN4O5S. The van der Waals surface area contributed by atoms with Gasteiger partial charge in [-0.25, -0.2) is 19.1 Å². The zero-order valence-electron chi connectivity index (χ0n) is 16.3. The van der Waals surface area contributed by atoms with Crippen LogP contribution in [0.5, 0.6) is 5.88 Å². The van der Waals surface area contributed by atoms with Crippen LogP contribution in [0.3, 0.4) is 0 Å². The van der Waals surface area contributed by atoms with E-state index in [9.17, 15) is 24.8 Å². The zero-order chi connectivity index (χ0) is 22.7. The quantitative estimate of drug-likeness (QED) is 0.445. The Hall–Kier alpha value is -3.68. The second-order valence-corrected chi connectivity index (χ2v) is 7.57. The van der Waals surface area contributed by atoms with Crippen LogP contribution < -0.4 is 11.2 Å². The van der Waals surface area contributed by atoms with Crippen LogP contribution in [0, 0.1) is 18.3 Å². The number of carbonyl (C=O) groups excluding carboxylic acids is 1. The summed E-state index contributed by atoms with van der Waals surface area (Å²) < 4.78 is 5.84. The van der Waals surface area contributed by atoms with Gasteiger partial charge in [0.15, 0.2) is 0 Å². The van der Waals surface area contributed by atoms with Gasteiger partial charge in [0.05, 0.1) is 17.9 Å². The van der Waals surface area contributed by atoms with E-state index in [0.29, 0.717) is 10.6 Å². The lowest BCUT2D eigenvalue weighted by molar-refractivity contribution is 0.0531. The van der Waals surface area contributed by atoms with Gasteiger partial charge in [-0.2, -0.15) is 5.26 Å². The lowest BCUT2D eigenvalue weighted by atomic mass is 10.2. The topological polar surface area (TPSA) is 138 Å². The molecule has 0 aliphatic rings. The molecule has 0 saturated heterocycles. The summed E-state index contributed by atoms with van der Waals surface area (Å²) >= 11 is 6.87. The molecule has 2 aromatic heterocycles. The van der Waals surface area contributed by atoms with Gasteiger partial charge in [-0.15, -0.1) is 11.3 Å². The molecule has 0 aliphatic carbocycles. The lowest BCUT2D eigenvalue weighted by Gasteiger charge is -2.09. The molecule has 0 amide bonds. The third-order valence-electron chi connectivity index (χ3n) is 4.20. The fraction of sp³-hybridized carbons (Fsp3) is 0.150. The number of rotatable bonds is 5. The predicted octanol–water partition coefficient (Wildman–Crippen LogP) is 3.05. The lowest BCUT2D eigenvalue weighted by Crippen LogP contribution is -2.31. The van der Waals surface area contributed by atoms with E-state index >= 15 is 0 Å². The Labute approximate surface area is 184 Å². The summed E-state index contributed by atoms with van der Waals surface area (Å²) in [7, 11) is 0. The number of thiophene rings is 1. The molecule has 11 heteroatoms. The molecule has 0 atom stereocenters. The minimum atomic E-state index is -0.873. The van der Waals surface area contributed by atoms with E-state index in [0.717, 1.165) is 22.1 Å². The molecule has 0 bridgehead atoms. The first-order valence-corrected chi connectivity index (χ1v) is 10.1. The predicted molar refractivity (Wildman–Crippen MR) is 116 cm³/mol. The van der Waals surface area contributed by atoms with Gasteiger partial charge >= 0.3 is 11.7 Å². The molecule has 1 aromatic carbocycles. The van der Waals surface area contributed by atoms with Crippen molar-refractivity contribution in [1.82, 2.24) is 9.55 Å². The van der Waals surface area contributed by atoms with E-state index in [1.165, 1.54) is 12.1 Å². The minimum absolute atomic E-state index is 0.142. The van der Waals surface area contributed by atoms with Gasteiger partial charge < -0.3 is 9.84 Å². The summed E-state index contributed by atoms with van der Waals surface area (Å²) in [6.07, 6.45) is 1.02. The second-order valence-electron chi connectivity index (χ2n) is 6.14. The van der Waals surface area contributed by atoms with Gasteiger partial charge in [-0.05, 0) is 37.6 Å². The molecule has 31 heavy (non-hydrogen) atoms. The van der Waals surface area contributed by atoms with Crippen LogP contribution in [0.1, 0.15) is 33.3 Å². The second kappa shape index (κ2) is 8.99. The first kappa shape index (κ1) is 22.0. The Kier molecular flexibility index (Phi) is 6.39. The highest BCUT2D eigenvalue weighted by Crippen LogP contribution is 2.35. The minimum Gasteiger partial charge on any atom is -0.493 e. The maximum Gasteiger partial charge on any atom is 0.348 e. The van der Waals surface area contributed by atoms with Gasteiger partial charge in [0.1, 0.15) is 21.5 Å². The van der Waals surface area contributed by atoms with E-state index in [2.05, 4.69) is 9.98 Å². The van der Waals surface area contributed by atoms with Gasteiger partial charge in [0.25, 0.3) is 5.56 Å². The summed E-state index contributed by atoms with van der Waals surface area (Å²) in [4.78, 5) is 43.0. The van der Waals surface area contributed by atoms with E-state index in [1.807, 2.05) is 6.07 Å². The maximum absolute atomic E-state index is 12.3. The fourth-order valence-corrected chi connectivity index (χ4v) is 3.93. The average molecular weight is 459 g/mol. The van der Waals surface area contributed by atoms with Crippen molar-refractivity contribution in [1.29, 1.82) is 5.26 Å². The van der Waals surface area contributed by atoms with E-state index in [-0.39, 0.29) is 33.3 Å². The van der Waals surface area contributed by atoms with E-state index < -0.39 is 23.1 Å². The molecule has 0 fully saturated rings. The number of halogens is 1. The molecule has 0 saturated carbocycles. The zero-order valence-corrected chi connectivity index (χ0v) is 17.9. The summed E-state index contributed by atoms with van der Waals surface area (Å²) in [6, 6.07) is 8.09. The van der Waals surface area contributed by atoms with Crippen molar-refractivity contribution in [2.24, 2.45) is 4.99 Å². The SMILES string of the molecule is CCOC(=O)c1sc(/N=C/c2c(O)n(-c3cccc(Cl)c3)c(=O)[nH]c2=O)c(C#N)c1C. The largest absolute Gasteiger partial charge is 0.493 e. The number of aromatic hydroxyl groups is 1. The number of aromatic amines is 1. The monoisotopic (exact) mass is 458 g/mol. The Balaban J connectivity index is 2.12. The normalized spacial score (nSPS) is 10.9. The van der Waals surface area contributed by atoms with Crippen LogP contribution in [0.15, 0.2) is 38.8 Å². The molecule has 0 aliphatic heterocycles. The molecule has 3 aromatic rings. The van der Waals surface area contributed by atoms with Crippen molar-refractivity contribution in [2.45, 2.75) is 13.8 Å². The van der Waals surface area contributed by atoms with Crippen molar-refractivity contribution in [3.63, 3.8) is 0 Å². The first-order chi connectivity index (χ1) is 14.8. The maximum atomic E-state index is 12.3. The Morgan fingerprint density at radius 1 is 1.45 bits per heavy atom. The van der Waals surface area contributed by atoms with Crippen molar-refractivity contribution in [2.75, 3.05) is 6.61 Å². The Morgan fingerprint density at radius 2 is 2.19 bits per heavy atom. The number of carbonyl (C=O) groups is 1. The van der Waals surface area contributed by atoms with Crippen LogP contribution in [-0.4, -0.2) is 33.4 Å².